The molecule has 0 spiro atoms. The third kappa shape index (κ3) is 2.26. The fourth-order valence-electron chi connectivity index (χ4n) is 4.38. The standard InChI is InChI=1S/C19H21N5OS/c1-23-10-21-16-11-5-3-9-24(13(11)7-8-14(16)23)18(25)12-4-2-6-15-17(12)22-19(20)26-15/h7-8,10,12H,2-6,9H2,1H3,(H2,20,22). The summed E-state index contributed by atoms with van der Waals surface area (Å²) in [6.45, 7) is 0.760. The van der Waals surface area contributed by atoms with Crippen LogP contribution in [0.2, 0.25) is 0 Å². The number of carbonyl (C=O) groups is 1. The molecule has 0 bridgehead atoms. The first kappa shape index (κ1) is 15.8. The van der Waals surface area contributed by atoms with Crippen molar-refractivity contribution in [1.82, 2.24) is 14.5 Å². The zero-order valence-electron chi connectivity index (χ0n) is 14.7. The van der Waals surface area contributed by atoms with Crippen molar-refractivity contribution < 1.29 is 4.79 Å². The average molecular weight is 367 g/mol. The number of aromatic nitrogens is 3. The van der Waals surface area contributed by atoms with Crippen molar-refractivity contribution in [1.29, 1.82) is 0 Å². The highest BCUT2D eigenvalue weighted by atomic mass is 32.1. The van der Waals surface area contributed by atoms with Gasteiger partial charge in [0.15, 0.2) is 5.13 Å². The van der Waals surface area contributed by atoms with Gasteiger partial charge in [-0.3, -0.25) is 4.79 Å². The highest BCUT2D eigenvalue weighted by Gasteiger charge is 2.35. The Labute approximate surface area is 155 Å². The van der Waals surface area contributed by atoms with Crippen molar-refractivity contribution in [2.24, 2.45) is 7.05 Å². The van der Waals surface area contributed by atoms with Crippen molar-refractivity contribution in [2.75, 3.05) is 17.2 Å². The van der Waals surface area contributed by atoms with E-state index >= 15 is 0 Å². The van der Waals surface area contributed by atoms with Gasteiger partial charge >= 0.3 is 0 Å². The molecule has 2 N–H and O–H groups in total. The normalized spacial score (nSPS) is 19.4. The van der Waals surface area contributed by atoms with Gasteiger partial charge < -0.3 is 15.2 Å². The van der Waals surface area contributed by atoms with E-state index in [2.05, 4.69) is 22.1 Å². The minimum absolute atomic E-state index is 0.160. The van der Waals surface area contributed by atoms with Gasteiger partial charge in [0.05, 0.1) is 29.0 Å². The second kappa shape index (κ2) is 5.81. The maximum atomic E-state index is 13.5. The van der Waals surface area contributed by atoms with Crippen molar-refractivity contribution in [3.63, 3.8) is 0 Å². The lowest BCUT2D eigenvalue weighted by molar-refractivity contribution is -0.120. The molecule has 7 heteroatoms. The fraction of sp³-hybridized carbons (Fsp3) is 0.421. The first-order chi connectivity index (χ1) is 12.6. The van der Waals surface area contributed by atoms with Crippen LogP contribution in [0.1, 0.15) is 41.3 Å². The maximum Gasteiger partial charge on any atom is 0.236 e. The summed E-state index contributed by atoms with van der Waals surface area (Å²) in [6, 6.07) is 4.15. The molecule has 0 saturated carbocycles. The molecule has 1 aliphatic heterocycles. The molecular weight excluding hydrogens is 346 g/mol. The molecule has 3 heterocycles. The largest absolute Gasteiger partial charge is 0.375 e. The predicted octanol–water partition coefficient (Wildman–Crippen LogP) is 3.01. The SMILES string of the molecule is Cn1cnc2c3c(ccc21)N(C(=O)C1CCCc2sc(N)nc21)CCC3. The van der Waals surface area contributed by atoms with Crippen LogP contribution >= 0.6 is 11.3 Å². The van der Waals surface area contributed by atoms with Gasteiger partial charge in [-0.25, -0.2) is 9.97 Å². The summed E-state index contributed by atoms with van der Waals surface area (Å²) in [5, 5.41) is 0.573. The molecule has 2 aromatic heterocycles. The number of carbonyl (C=O) groups excluding carboxylic acids is 1. The number of amides is 1. The van der Waals surface area contributed by atoms with Crippen molar-refractivity contribution in [2.45, 2.75) is 38.0 Å². The molecule has 0 saturated heterocycles. The molecular formula is C19H21N5OS. The van der Waals surface area contributed by atoms with Crippen LogP contribution in [0.25, 0.3) is 11.0 Å². The minimum atomic E-state index is -0.169. The number of hydrogen-bond acceptors (Lipinski definition) is 5. The molecule has 3 aromatic rings. The van der Waals surface area contributed by atoms with E-state index in [-0.39, 0.29) is 11.8 Å². The monoisotopic (exact) mass is 367 g/mol. The summed E-state index contributed by atoms with van der Waals surface area (Å²) in [6.07, 6.45) is 6.63. The Balaban J connectivity index is 1.56. The van der Waals surface area contributed by atoms with Crippen LogP contribution in [0.15, 0.2) is 18.5 Å². The van der Waals surface area contributed by atoms with Gasteiger partial charge in [0.1, 0.15) is 0 Å². The number of thiazole rings is 1. The van der Waals surface area contributed by atoms with Crippen LogP contribution in [0.4, 0.5) is 10.8 Å². The van der Waals surface area contributed by atoms with E-state index in [0.717, 1.165) is 61.1 Å². The van der Waals surface area contributed by atoms with Crippen LogP contribution in [-0.2, 0) is 24.7 Å². The lowest BCUT2D eigenvalue weighted by Crippen LogP contribution is -2.39. The lowest BCUT2D eigenvalue weighted by Gasteiger charge is -2.33. The molecule has 26 heavy (non-hydrogen) atoms. The molecule has 1 unspecified atom stereocenters. The Morgan fingerprint density at radius 3 is 3.08 bits per heavy atom. The van der Waals surface area contributed by atoms with Gasteiger partial charge in [-0.05, 0) is 44.2 Å². The summed E-state index contributed by atoms with van der Waals surface area (Å²) >= 11 is 1.53. The van der Waals surface area contributed by atoms with Gasteiger partial charge in [0.2, 0.25) is 5.91 Å². The van der Waals surface area contributed by atoms with Gasteiger partial charge in [0.25, 0.3) is 0 Å². The average Bonchev–Trinajstić information content (AvgIpc) is 3.22. The van der Waals surface area contributed by atoms with Gasteiger partial charge in [-0.15, -0.1) is 11.3 Å². The Morgan fingerprint density at radius 2 is 2.19 bits per heavy atom. The Morgan fingerprint density at radius 1 is 1.31 bits per heavy atom. The topological polar surface area (TPSA) is 77.0 Å². The van der Waals surface area contributed by atoms with E-state index in [4.69, 9.17) is 5.73 Å². The molecule has 5 rings (SSSR count). The fourth-order valence-corrected chi connectivity index (χ4v) is 5.31. The Kier molecular flexibility index (Phi) is 3.53. The van der Waals surface area contributed by atoms with E-state index in [1.165, 1.54) is 21.8 Å². The number of benzene rings is 1. The van der Waals surface area contributed by atoms with Crippen LogP contribution < -0.4 is 10.6 Å². The smallest absolute Gasteiger partial charge is 0.236 e. The minimum Gasteiger partial charge on any atom is -0.375 e. The molecule has 1 amide bonds. The Bertz CT molecular complexity index is 1020. The summed E-state index contributed by atoms with van der Waals surface area (Å²) in [5.41, 5.74) is 11.2. The Hall–Kier alpha value is -2.41. The third-order valence-corrected chi connectivity index (χ3v) is 6.57. The zero-order valence-corrected chi connectivity index (χ0v) is 15.6. The highest BCUT2D eigenvalue weighted by Crippen LogP contribution is 2.40. The molecule has 6 nitrogen and oxygen atoms in total. The first-order valence-electron chi connectivity index (χ1n) is 9.13. The van der Waals surface area contributed by atoms with E-state index in [0.29, 0.717) is 5.13 Å². The van der Waals surface area contributed by atoms with Crippen LogP contribution in [0.5, 0.6) is 0 Å². The predicted molar refractivity (Wildman–Crippen MR) is 104 cm³/mol. The number of rotatable bonds is 1. The van der Waals surface area contributed by atoms with E-state index in [1.807, 2.05) is 22.8 Å². The van der Waals surface area contributed by atoms with Gasteiger partial charge in [-0.2, -0.15) is 0 Å². The van der Waals surface area contributed by atoms with Crippen molar-refractivity contribution >= 4 is 39.1 Å². The van der Waals surface area contributed by atoms with E-state index < -0.39 is 0 Å². The number of aryl methyl sites for hydroxylation is 3. The first-order valence-corrected chi connectivity index (χ1v) is 9.94. The lowest BCUT2D eigenvalue weighted by atomic mass is 9.88. The zero-order chi connectivity index (χ0) is 17.8. The second-order valence-corrected chi connectivity index (χ2v) is 8.30. The van der Waals surface area contributed by atoms with Crippen molar-refractivity contribution in [3.05, 3.63) is 34.6 Å². The summed E-state index contributed by atoms with van der Waals surface area (Å²) in [7, 11) is 2.00. The number of nitrogens with zero attached hydrogens (tertiary/aromatic N) is 4. The van der Waals surface area contributed by atoms with Crippen molar-refractivity contribution in [3.8, 4) is 0 Å². The summed E-state index contributed by atoms with van der Waals surface area (Å²) in [5.74, 6) is -0.00911. The van der Waals surface area contributed by atoms with Crippen LogP contribution in [0, 0.1) is 0 Å². The molecule has 1 aromatic carbocycles. The van der Waals surface area contributed by atoms with E-state index in [9.17, 15) is 4.79 Å². The number of imidazole rings is 1. The molecule has 2 aliphatic rings. The van der Waals surface area contributed by atoms with Crippen LogP contribution in [0.3, 0.4) is 0 Å². The summed E-state index contributed by atoms with van der Waals surface area (Å²) < 4.78 is 2.03. The molecule has 0 radical (unpaired) electrons. The number of anilines is 2. The second-order valence-electron chi connectivity index (χ2n) is 7.19. The molecule has 0 fully saturated rings. The maximum absolute atomic E-state index is 13.5. The quantitative estimate of drug-likeness (QED) is 0.717. The number of fused-ring (bicyclic) bond motifs is 4. The van der Waals surface area contributed by atoms with E-state index in [1.54, 1.807) is 0 Å². The molecule has 1 aliphatic carbocycles. The van der Waals surface area contributed by atoms with Crippen LogP contribution in [-0.4, -0.2) is 27.0 Å². The number of hydrogen-bond donors (Lipinski definition) is 1. The van der Waals surface area contributed by atoms with Gasteiger partial charge in [0, 0.05) is 29.7 Å². The number of nitrogen functional groups attached to an aromatic ring is 1. The highest BCUT2D eigenvalue weighted by molar-refractivity contribution is 7.15. The third-order valence-electron chi connectivity index (χ3n) is 5.61. The molecule has 1 atom stereocenters. The summed E-state index contributed by atoms with van der Waals surface area (Å²) in [4.78, 5) is 25.7. The number of nitrogens with two attached hydrogens (primary N) is 1. The van der Waals surface area contributed by atoms with Gasteiger partial charge in [-0.1, -0.05) is 0 Å². The molecule has 134 valence electrons.